The van der Waals surface area contributed by atoms with Gasteiger partial charge in [0.05, 0.1) is 5.69 Å². The van der Waals surface area contributed by atoms with Gasteiger partial charge in [0.1, 0.15) is 0 Å². The molecule has 0 radical (unpaired) electrons. The van der Waals surface area contributed by atoms with Crippen molar-refractivity contribution in [1.82, 2.24) is 15.1 Å². The molecule has 1 atom stereocenters. The highest BCUT2D eigenvalue weighted by Crippen LogP contribution is 2.41. The summed E-state index contributed by atoms with van der Waals surface area (Å²) in [6, 6.07) is 2.81. The van der Waals surface area contributed by atoms with E-state index in [1.165, 1.54) is 31.4 Å². The molecule has 1 heterocycles. The summed E-state index contributed by atoms with van der Waals surface area (Å²) in [6.07, 6.45) is 6.60. The Hall–Kier alpha value is -0.830. The number of rotatable bonds is 4. The highest BCUT2D eigenvalue weighted by atomic mass is 15.3. The molecule has 0 bridgehead atoms. The Morgan fingerprint density at radius 3 is 2.33 bits per heavy atom. The summed E-state index contributed by atoms with van der Waals surface area (Å²) in [4.78, 5) is 0. The van der Waals surface area contributed by atoms with Gasteiger partial charge in [-0.2, -0.15) is 5.10 Å². The number of nitrogens with zero attached hydrogens (tertiary/aromatic N) is 2. The standard InChI is InChI=1S/C18H33N3/c1-13-11-16(21(6)20-13)12-17(19-5)14-7-9-15(10-8-14)18(2,3)4/h11,14-15,17,19H,7-10,12H2,1-6H3. The molecule has 1 fully saturated rings. The van der Waals surface area contributed by atoms with E-state index < -0.39 is 0 Å². The summed E-state index contributed by atoms with van der Waals surface area (Å²) in [5.41, 5.74) is 2.95. The monoisotopic (exact) mass is 291 g/mol. The average Bonchev–Trinajstić information content (AvgIpc) is 2.73. The molecule has 1 aromatic rings. The molecule has 3 heteroatoms. The van der Waals surface area contributed by atoms with E-state index in [1.807, 2.05) is 4.68 Å². The number of nitrogens with one attached hydrogen (secondary N) is 1. The summed E-state index contributed by atoms with van der Waals surface area (Å²) in [7, 11) is 4.18. The Kier molecular flexibility index (Phi) is 5.13. The Morgan fingerprint density at radius 1 is 1.29 bits per heavy atom. The minimum atomic E-state index is 0.471. The van der Waals surface area contributed by atoms with Crippen LogP contribution in [0.3, 0.4) is 0 Å². The van der Waals surface area contributed by atoms with Crippen LogP contribution in [-0.4, -0.2) is 22.9 Å². The van der Waals surface area contributed by atoms with Crippen LogP contribution in [0.4, 0.5) is 0 Å². The molecular weight excluding hydrogens is 258 g/mol. The molecule has 3 nitrogen and oxygen atoms in total. The molecule has 0 spiro atoms. The zero-order valence-corrected chi connectivity index (χ0v) is 14.7. The van der Waals surface area contributed by atoms with Gasteiger partial charge in [0, 0.05) is 25.2 Å². The van der Waals surface area contributed by atoms with Gasteiger partial charge in [-0.05, 0) is 63.0 Å². The number of aromatic nitrogens is 2. The van der Waals surface area contributed by atoms with Crippen LogP contribution in [0.5, 0.6) is 0 Å². The molecule has 1 aromatic heterocycles. The van der Waals surface area contributed by atoms with Crippen molar-refractivity contribution in [3.05, 3.63) is 17.5 Å². The van der Waals surface area contributed by atoms with Crippen LogP contribution < -0.4 is 5.32 Å². The van der Waals surface area contributed by atoms with Gasteiger partial charge in [-0.3, -0.25) is 4.68 Å². The Balaban J connectivity index is 1.95. The zero-order valence-electron chi connectivity index (χ0n) is 14.7. The van der Waals surface area contributed by atoms with E-state index in [9.17, 15) is 0 Å². The molecule has 0 amide bonds. The third-order valence-corrected chi connectivity index (χ3v) is 5.46. The van der Waals surface area contributed by atoms with Gasteiger partial charge in [0.25, 0.3) is 0 Å². The van der Waals surface area contributed by atoms with Crippen LogP contribution in [0.1, 0.15) is 57.8 Å². The van der Waals surface area contributed by atoms with Crippen LogP contribution in [0.2, 0.25) is 0 Å². The maximum atomic E-state index is 4.48. The van der Waals surface area contributed by atoms with Crippen molar-refractivity contribution in [2.75, 3.05) is 7.05 Å². The van der Waals surface area contributed by atoms with E-state index in [0.29, 0.717) is 11.5 Å². The molecular formula is C18H33N3. The normalized spacial score (nSPS) is 25.0. The van der Waals surface area contributed by atoms with Crippen molar-refractivity contribution in [2.24, 2.45) is 24.3 Å². The third-order valence-electron chi connectivity index (χ3n) is 5.46. The van der Waals surface area contributed by atoms with Crippen LogP contribution in [0, 0.1) is 24.2 Å². The van der Waals surface area contributed by atoms with E-state index in [4.69, 9.17) is 0 Å². The first-order valence-corrected chi connectivity index (χ1v) is 8.48. The maximum absolute atomic E-state index is 4.48. The highest BCUT2D eigenvalue weighted by Gasteiger charge is 2.32. The first kappa shape index (κ1) is 16.5. The summed E-state index contributed by atoms with van der Waals surface area (Å²) in [6.45, 7) is 9.26. The SMILES string of the molecule is CNC(Cc1cc(C)nn1C)C1CCC(C(C)(C)C)CC1. The van der Waals surface area contributed by atoms with Crippen molar-refractivity contribution in [2.45, 2.75) is 65.8 Å². The number of hydrogen-bond donors (Lipinski definition) is 1. The van der Waals surface area contributed by atoms with Gasteiger partial charge < -0.3 is 5.32 Å². The van der Waals surface area contributed by atoms with Gasteiger partial charge >= 0.3 is 0 Å². The number of hydrogen-bond acceptors (Lipinski definition) is 2. The fourth-order valence-corrected chi connectivity index (χ4v) is 3.97. The van der Waals surface area contributed by atoms with E-state index in [0.717, 1.165) is 24.0 Å². The third kappa shape index (κ3) is 4.09. The lowest BCUT2D eigenvalue weighted by Gasteiger charge is -2.39. The van der Waals surface area contributed by atoms with E-state index in [1.54, 1.807) is 0 Å². The summed E-state index contributed by atoms with van der Waals surface area (Å²) in [5.74, 6) is 1.70. The first-order chi connectivity index (χ1) is 9.81. The lowest BCUT2D eigenvalue weighted by Crippen LogP contribution is -2.39. The summed E-state index contributed by atoms with van der Waals surface area (Å²) in [5, 5.41) is 8.05. The molecule has 1 N–H and O–H groups in total. The molecule has 120 valence electrons. The molecule has 0 saturated heterocycles. The largest absolute Gasteiger partial charge is 0.316 e. The molecule has 1 unspecified atom stereocenters. The Morgan fingerprint density at radius 2 is 1.90 bits per heavy atom. The van der Waals surface area contributed by atoms with Crippen molar-refractivity contribution in [3.8, 4) is 0 Å². The molecule has 0 aliphatic heterocycles. The van der Waals surface area contributed by atoms with Gasteiger partial charge in [-0.15, -0.1) is 0 Å². The van der Waals surface area contributed by atoms with Gasteiger partial charge in [0.2, 0.25) is 0 Å². The molecule has 21 heavy (non-hydrogen) atoms. The lowest BCUT2D eigenvalue weighted by molar-refractivity contribution is 0.133. The molecule has 1 aliphatic carbocycles. The Labute approximate surface area is 130 Å². The van der Waals surface area contributed by atoms with E-state index >= 15 is 0 Å². The van der Waals surface area contributed by atoms with Crippen LogP contribution in [-0.2, 0) is 13.5 Å². The minimum Gasteiger partial charge on any atom is -0.316 e. The van der Waals surface area contributed by atoms with E-state index in [-0.39, 0.29) is 0 Å². The summed E-state index contributed by atoms with van der Waals surface area (Å²) >= 11 is 0. The van der Waals surface area contributed by atoms with Crippen molar-refractivity contribution in [3.63, 3.8) is 0 Å². The smallest absolute Gasteiger partial charge is 0.0596 e. The Bertz CT molecular complexity index is 448. The second-order valence-corrected chi connectivity index (χ2v) is 7.98. The predicted octanol–water partition coefficient (Wildman–Crippen LogP) is 3.71. The van der Waals surface area contributed by atoms with Crippen molar-refractivity contribution < 1.29 is 0 Å². The average molecular weight is 291 g/mol. The number of likely N-dealkylation sites (N-methyl/N-ethyl adjacent to an activating group) is 1. The molecule has 0 aromatic carbocycles. The fourth-order valence-electron chi connectivity index (χ4n) is 3.97. The predicted molar refractivity (Wildman–Crippen MR) is 89.4 cm³/mol. The second kappa shape index (κ2) is 6.51. The minimum absolute atomic E-state index is 0.471. The second-order valence-electron chi connectivity index (χ2n) is 7.98. The van der Waals surface area contributed by atoms with Crippen molar-refractivity contribution >= 4 is 0 Å². The topological polar surface area (TPSA) is 29.9 Å². The van der Waals surface area contributed by atoms with Gasteiger partial charge in [-0.1, -0.05) is 20.8 Å². The molecule has 1 saturated carbocycles. The maximum Gasteiger partial charge on any atom is 0.0596 e. The zero-order chi connectivity index (χ0) is 15.6. The van der Waals surface area contributed by atoms with Crippen molar-refractivity contribution in [1.29, 1.82) is 0 Å². The summed E-state index contributed by atoms with van der Waals surface area (Å²) < 4.78 is 2.04. The molecule has 1 aliphatic rings. The lowest BCUT2D eigenvalue weighted by atomic mass is 9.68. The van der Waals surface area contributed by atoms with E-state index in [2.05, 4.69) is 58.3 Å². The molecule has 2 rings (SSSR count). The van der Waals surface area contributed by atoms with Gasteiger partial charge in [-0.25, -0.2) is 0 Å². The number of aryl methyl sites for hydroxylation is 2. The highest BCUT2D eigenvalue weighted by molar-refractivity contribution is 5.10. The first-order valence-electron chi connectivity index (χ1n) is 8.48. The fraction of sp³-hybridized carbons (Fsp3) is 0.833. The van der Waals surface area contributed by atoms with Crippen LogP contribution >= 0.6 is 0 Å². The quantitative estimate of drug-likeness (QED) is 0.916. The van der Waals surface area contributed by atoms with Crippen LogP contribution in [0.25, 0.3) is 0 Å². The van der Waals surface area contributed by atoms with Crippen LogP contribution in [0.15, 0.2) is 6.07 Å². The van der Waals surface area contributed by atoms with Gasteiger partial charge in [0.15, 0.2) is 0 Å².